The monoisotopic (exact) mass is 420 g/mol. The van der Waals surface area contributed by atoms with Gasteiger partial charge in [0.15, 0.2) is 5.76 Å². The van der Waals surface area contributed by atoms with Crippen LogP contribution in [0.5, 0.6) is 5.75 Å². The van der Waals surface area contributed by atoms with Gasteiger partial charge in [0, 0.05) is 6.20 Å². The van der Waals surface area contributed by atoms with E-state index in [1.54, 1.807) is 6.07 Å². The summed E-state index contributed by atoms with van der Waals surface area (Å²) in [6.45, 7) is 2.89. The quantitative estimate of drug-likeness (QED) is 0.463. The van der Waals surface area contributed by atoms with Crippen LogP contribution in [0, 0.1) is 13.8 Å². The molecule has 7 nitrogen and oxygen atoms in total. The molecular weight excluding hydrogens is 401 g/mol. The zero-order valence-corrected chi connectivity index (χ0v) is 16.2. The minimum atomic E-state index is -4.37. The summed E-state index contributed by atoms with van der Waals surface area (Å²) in [6, 6.07) is 10.2. The molecule has 1 N–H and O–H groups in total. The largest absolute Gasteiger partial charge is 0.485 e. The first-order chi connectivity index (χ1) is 14.2. The molecule has 3 aromatic rings. The van der Waals surface area contributed by atoms with Crippen LogP contribution in [0.2, 0.25) is 0 Å². The third-order valence-corrected chi connectivity index (χ3v) is 4.18. The van der Waals surface area contributed by atoms with Crippen LogP contribution in [0.15, 0.2) is 52.1 Å². The first kappa shape index (κ1) is 21.2. The summed E-state index contributed by atoms with van der Waals surface area (Å²) in [4.78, 5) is 12.1. The number of alkyl halides is 3. The summed E-state index contributed by atoms with van der Waals surface area (Å²) < 4.78 is 48.9. The smallest absolute Gasteiger partial charge is 0.408 e. The van der Waals surface area contributed by atoms with E-state index in [-0.39, 0.29) is 18.1 Å². The number of nitrogens with one attached hydrogen (secondary N) is 1. The van der Waals surface area contributed by atoms with E-state index in [1.165, 1.54) is 18.3 Å². The topological polar surface area (TPSA) is 81.6 Å². The molecule has 2 heterocycles. The number of nitrogens with zero attached hydrogens (tertiary/aromatic N) is 3. The van der Waals surface area contributed by atoms with Crippen molar-refractivity contribution >= 4 is 12.1 Å². The Hall–Kier alpha value is -3.56. The number of benzene rings is 1. The number of rotatable bonds is 7. The molecule has 3 rings (SSSR count). The number of carbonyl (C=O) groups excluding carboxylic acids is 1. The minimum absolute atomic E-state index is 0.0225. The SMILES string of the molecule is Cc1cccc(OCc2ccc(C(=O)N/N=C/c3ccn(CC(F)(F)F)n3)o2)c1C. The van der Waals surface area contributed by atoms with Gasteiger partial charge in [0.05, 0.1) is 6.21 Å². The first-order valence-electron chi connectivity index (χ1n) is 8.92. The van der Waals surface area contributed by atoms with E-state index in [4.69, 9.17) is 9.15 Å². The van der Waals surface area contributed by atoms with Crippen molar-refractivity contribution in [1.29, 1.82) is 0 Å². The van der Waals surface area contributed by atoms with Crippen LogP contribution in [0.3, 0.4) is 0 Å². The number of hydrazone groups is 1. The second-order valence-electron chi connectivity index (χ2n) is 6.51. The number of aryl methyl sites for hydroxylation is 1. The summed E-state index contributed by atoms with van der Waals surface area (Å²) in [5.41, 5.74) is 4.53. The van der Waals surface area contributed by atoms with Gasteiger partial charge in [-0.2, -0.15) is 23.4 Å². The Labute approximate surface area is 170 Å². The van der Waals surface area contributed by atoms with Crippen LogP contribution in [0.4, 0.5) is 13.2 Å². The summed E-state index contributed by atoms with van der Waals surface area (Å²) in [7, 11) is 0. The van der Waals surface area contributed by atoms with Gasteiger partial charge in [-0.25, -0.2) is 5.43 Å². The Morgan fingerprint density at radius 2 is 2.07 bits per heavy atom. The van der Waals surface area contributed by atoms with Crippen LogP contribution < -0.4 is 10.2 Å². The van der Waals surface area contributed by atoms with Gasteiger partial charge in [0.1, 0.15) is 30.4 Å². The van der Waals surface area contributed by atoms with Gasteiger partial charge in [0.25, 0.3) is 0 Å². The van der Waals surface area contributed by atoms with Crippen molar-refractivity contribution in [2.24, 2.45) is 5.10 Å². The van der Waals surface area contributed by atoms with Crippen LogP contribution >= 0.6 is 0 Å². The normalized spacial score (nSPS) is 11.8. The second kappa shape index (κ2) is 8.85. The lowest BCUT2D eigenvalue weighted by molar-refractivity contribution is -0.142. The molecule has 0 atom stereocenters. The Morgan fingerprint density at radius 1 is 1.27 bits per heavy atom. The molecule has 0 aliphatic heterocycles. The predicted octanol–water partition coefficient (Wildman–Crippen LogP) is 4.00. The number of hydrogen-bond donors (Lipinski definition) is 1. The molecule has 0 bridgehead atoms. The molecule has 0 aliphatic rings. The van der Waals surface area contributed by atoms with Gasteiger partial charge in [0.2, 0.25) is 0 Å². The Bertz CT molecular complexity index is 1050. The van der Waals surface area contributed by atoms with E-state index in [0.29, 0.717) is 5.76 Å². The fraction of sp³-hybridized carbons (Fsp3) is 0.250. The van der Waals surface area contributed by atoms with Crippen LogP contribution in [0.1, 0.15) is 33.1 Å². The van der Waals surface area contributed by atoms with Gasteiger partial charge >= 0.3 is 12.1 Å². The molecule has 2 aromatic heterocycles. The molecule has 0 unspecified atom stereocenters. The second-order valence-corrected chi connectivity index (χ2v) is 6.51. The van der Waals surface area contributed by atoms with Gasteiger partial charge < -0.3 is 9.15 Å². The maximum absolute atomic E-state index is 12.3. The molecule has 0 spiro atoms. The van der Waals surface area contributed by atoms with Crippen molar-refractivity contribution < 1.29 is 27.1 Å². The van der Waals surface area contributed by atoms with E-state index in [9.17, 15) is 18.0 Å². The fourth-order valence-corrected chi connectivity index (χ4v) is 2.54. The first-order valence-corrected chi connectivity index (χ1v) is 8.92. The summed E-state index contributed by atoms with van der Waals surface area (Å²) >= 11 is 0. The third kappa shape index (κ3) is 5.72. The van der Waals surface area contributed by atoms with Gasteiger partial charge in [-0.3, -0.25) is 9.48 Å². The number of halogens is 3. The highest BCUT2D eigenvalue weighted by Crippen LogP contribution is 2.22. The highest BCUT2D eigenvalue weighted by molar-refractivity contribution is 5.92. The summed E-state index contributed by atoms with van der Waals surface area (Å²) in [5.74, 6) is 0.594. The summed E-state index contributed by atoms with van der Waals surface area (Å²) in [6.07, 6.45) is -2.06. The Kier molecular flexibility index (Phi) is 6.24. The van der Waals surface area contributed by atoms with Crippen molar-refractivity contribution in [2.75, 3.05) is 0 Å². The molecule has 1 aromatic carbocycles. The number of ether oxygens (including phenoxy) is 1. The van der Waals surface area contributed by atoms with Crippen molar-refractivity contribution in [3.8, 4) is 5.75 Å². The molecule has 10 heteroatoms. The maximum atomic E-state index is 12.3. The van der Waals surface area contributed by atoms with E-state index in [0.717, 1.165) is 27.8 Å². The Balaban J connectivity index is 1.52. The predicted molar refractivity (Wildman–Crippen MR) is 102 cm³/mol. The number of furan rings is 1. The average Bonchev–Trinajstić information content (AvgIpc) is 3.31. The summed E-state index contributed by atoms with van der Waals surface area (Å²) in [5, 5.41) is 7.37. The minimum Gasteiger partial charge on any atom is -0.485 e. The van der Waals surface area contributed by atoms with E-state index < -0.39 is 18.6 Å². The van der Waals surface area contributed by atoms with Crippen LogP contribution in [-0.4, -0.2) is 28.1 Å². The third-order valence-electron chi connectivity index (χ3n) is 4.18. The number of hydrogen-bond acceptors (Lipinski definition) is 5. The molecule has 0 saturated carbocycles. The molecule has 30 heavy (non-hydrogen) atoms. The van der Waals surface area contributed by atoms with Crippen LogP contribution in [-0.2, 0) is 13.2 Å². The molecule has 0 aliphatic carbocycles. The van der Waals surface area contributed by atoms with E-state index in [1.807, 2.05) is 32.0 Å². The standard InChI is InChI=1S/C20H19F3N4O3/c1-13-4-3-5-17(14(13)2)29-11-16-6-7-18(30-16)19(28)25-24-10-15-8-9-27(26-15)12-20(21,22)23/h3-10H,11-12H2,1-2H3,(H,25,28)/b24-10+. The lowest BCUT2D eigenvalue weighted by atomic mass is 10.1. The van der Waals surface area contributed by atoms with Crippen molar-refractivity contribution in [3.63, 3.8) is 0 Å². The van der Waals surface area contributed by atoms with Gasteiger partial charge in [-0.1, -0.05) is 12.1 Å². The molecular formula is C20H19F3N4O3. The zero-order chi connectivity index (χ0) is 21.7. The van der Waals surface area contributed by atoms with Crippen molar-refractivity contribution in [2.45, 2.75) is 33.2 Å². The van der Waals surface area contributed by atoms with Gasteiger partial charge in [-0.15, -0.1) is 0 Å². The number of amides is 1. The molecule has 158 valence electrons. The van der Waals surface area contributed by atoms with Crippen molar-refractivity contribution in [1.82, 2.24) is 15.2 Å². The molecule has 0 radical (unpaired) electrons. The zero-order valence-electron chi connectivity index (χ0n) is 16.2. The van der Waals surface area contributed by atoms with E-state index >= 15 is 0 Å². The molecule has 0 fully saturated rings. The fourth-order valence-electron chi connectivity index (χ4n) is 2.54. The molecule has 0 saturated heterocycles. The highest BCUT2D eigenvalue weighted by Gasteiger charge is 2.28. The average molecular weight is 420 g/mol. The lowest BCUT2D eigenvalue weighted by Gasteiger charge is -2.09. The molecule has 1 amide bonds. The Morgan fingerprint density at radius 3 is 2.83 bits per heavy atom. The van der Waals surface area contributed by atoms with Crippen LogP contribution in [0.25, 0.3) is 0 Å². The lowest BCUT2D eigenvalue weighted by Crippen LogP contribution is -2.18. The van der Waals surface area contributed by atoms with Crippen molar-refractivity contribution in [3.05, 3.63) is 70.9 Å². The van der Waals surface area contributed by atoms with E-state index in [2.05, 4.69) is 15.6 Å². The van der Waals surface area contributed by atoms with Gasteiger partial charge in [-0.05, 0) is 49.2 Å². The number of carbonyl (C=O) groups is 1. The maximum Gasteiger partial charge on any atom is 0.408 e. The number of aromatic nitrogens is 2. The highest BCUT2D eigenvalue weighted by atomic mass is 19.4.